The number of anilines is 1. The lowest BCUT2D eigenvalue weighted by atomic mass is 10.2. The van der Waals surface area contributed by atoms with Crippen LogP contribution < -0.4 is 10.9 Å². The number of nitrogens with zero attached hydrogens (tertiary/aromatic N) is 2. The van der Waals surface area contributed by atoms with Crippen LogP contribution in [-0.2, 0) is 11.3 Å². The van der Waals surface area contributed by atoms with Crippen LogP contribution in [0.4, 0.5) is 10.1 Å². The number of carbonyl (C=O) groups excluding carboxylic acids is 1. The second kappa shape index (κ2) is 8.95. The van der Waals surface area contributed by atoms with E-state index in [1.54, 1.807) is 49.4 Å². The predicted octanol–water partition coefficient (Wildman–Crippen LogP) is 4.87. The van der Waals surface area contributed by atoms with Gasteiger partial charge in [-0.05, 0) is 55.0 Å². The van der Waals surface area contributed by atoms with E-state index in [1.807, 2.05) is 0 Å². The van der Waals surface area contributed by atoms with Crippen LogP contribution in [0.25, 0.3) is 10.9 Å². The van der Waals surface area contributed by atoms with Crippen LogP contribution in [0.15, 0.2) is 69.2 Å². The molecule has 0 aliphatic heterocycles. The summed E-state index contributed by atoms with van der Waals surface area (Å²) in [6, 6.07) is 12.8. The molecule has 4 rings (SSSR count). The number of aryl methyl sites for hydroxylation is 1. The number of nitrogens with one attached hydrogen (secondary N) is 1. The predicted molar refractivity (Wildman–Crippen MR) is 119 cm³/mol. The molecule has 2 aromatic heterocycles. The summed E-state index contributed by atoms with van der Waals surface area (Å²) >= 11 is 7.15. The normalized spacial score (nSPS) is 11.1. The van der Waals surface area contributed by atoms with Crippen LogP contribution in [0, 0.1) is 12.7 Å². The molecular formula is C22H17ClFN3O3S. The van der Waals surface area contributed by atoms with Crippen molar-refractivity contribution in [2.75, 3.05) is 11.1 Å². The van der Waals surface area contributed by atoms with Crippen LogP contribution in [0.5, 0.6) is 0 Å². The van der Waals surface area contributed by atoms with Crippen molar-refractivity contribution < 1.29 is 13.6 Å². The zero-order valence-corrected chi connectivity index (χ0v) is 18.0. The second-order valence-electron chi connectivity index (χ2n) is 6.83. The van der Waals surface area contributed by atoms with Crippen molar-refractivity contribution in [1.29, 1.82) is 0 Å². The van der Waals surface area contributed by atoms with Gasteiger partial charge < -0.3 is 9.73 Å². The summed E-state index contributed by atoms with van der Waals surface area (Å²) in [6.07, 6.45) is 1.52. The van der Waals surface area contributed by atoms with E-state index in [9.17, 15) is 14.0 Å². The van der Waals surface area contributed by atoms with Gasteiger partial charge in [0.1, 0.15) is 11.6 Å². The molecule has 0 saturated heterocycles. The Morgan fingerprint density at radius 2 is 2.10 bits per heavy atom. The Labute approximate surface area is 186 Å². The summed E-state index contributed by atoms with van der Waals surface area (Å²) in [6.45, 7) is 1.82. The molecule has 9 heteroatoms. The van der Waals surface area contributed by atoms with E-state index in [0.29, 0.717) is 38.1 Å². The average Bonchev–Trinajstić information content (AvgIpc) is 3.24. The topological polar surface area (TPSA) is 77.1 Å². The number of thioether (sulfide) groups is 1. The number of benzene rings is 2. The van der Waals surface area contributed by atoms with Gasteiger partial charge in [0, 0.05) is 10.7 Å². The summed E-state index contributed by atoms with van der Waals surface area (Å²) in [5, 5.41) is 3.87. The van der Waals surface area contributed by atoms with Gasteiger partial charge in [-0.25, -0.2) is 9.37 Å². The van der Waals surface area contributed by atoms with Crippen molar-refractivity contribution in [3.8, 4) is 0 Å². The first-order valence-electron chi connectivity index (χ1n) is 9.32. The zero-order chi connectivity index (χ0) is 22.0. The third kappa shape index (κ3) is 4.81. The fraction of sp³-hybridized carbons (Fsp3) is 0.136. The molecule has 0 radical (unpaired) electrons. The molecule has 158 valence electrons. The number of carbonyl (C=O) groups is 1. The fourth-order valence-electron chi connectivity index (χ4n) is 2.98. The maximum atomic E-state index is 13.7. The average molecular weight is 458 g/mol. The van der Waals surface area contributed by atoms with Crippen LogP contribution >= 0.6 is 23.4 Å². The Morgan fingerprint density at radius 3 is 2.84 bits per heavy atom. The first-order chi connectivity index (χ1) is 14.9. The molecule has 0 saturated carbocycles. The molecule has 0 spiro atoms. The van der Waals surface area contributed by atoms with Gasteiger partial charge in [0.2, 0.25) is 5.91 Å². The van der Waals surface area contributed by atoms with E-state index >= 15 is 0 Å². The van der Waals surface area contributed by atoms with Gasteiger partial charge in [-0.15, -0.1) is 0 Å². The summed E-state index contributed by atoms with van der Waals surface area (Å²) < 4.78 is 20.5. The number of hydrogen-bond donors (Lipinski definition) is 1. The zero-order valence-electron chi connectivity index (χ0n) is 16.4. The van der Waals surface area contributed by atoms with Gasteiger partial charge in [0.15, 0.2) is 5.16 Å². The third-order valence-corrected chi connectivity index (χ3v) is 5.78. The molecule has 31 heavy (non-hydrogen) atoms. The van der Waals surface area contributed by atoms with Crippen LogP contribution in [0.1, 0.15) is 11.3 Å². The van der Waals surface area contributed by atoms with E-state index in [4.69, 9.17) is 16.0 Å². The molecule has 0 aliphatic carbocycles. The molecule has 2 aromatic carbocycles. The van der Waals surface area contributed by atoms with E-state index in [2.05, 4.69) is 10.3 Å². The van der Waals surface area contributed by atoms with Crippen molar-refractivity contribution in [2.45, 2.75) is 18.6 Å². The largest absolute Gasteiger partial charge is 0.467 e. The SMILES string of the molecule is Cc1ccc(NC(=O)CSc2nc3cc(Cl)ccc3c(=O)n2Cc2ccco2)cc1F. The third-order valence-electron chi connectivity index (χ3n) is 4.56. The summed E-state index contributed by atoms with van der Waals surface area (Å²) in [7, 11) is 0. The number of aromatic nitrogens is 2. The molecule has 2 heterocycles. The minimum absolute atomic E-state index is 0.0217. The van der Waals surface area contributed by atoms with Crippen molar-refractivity contribution in [3.05, 3.63) is 87.3 Å². The van der Waals surface area contributed by atoms with E-state index < -0.39 is 5.82 Å². The highest BCUT2D eigenvalue weighted by molar-refractivity contribution is 7.99. The molecule has 0 bridgehead atoms. The van der Waals surface area contributed by atoms with Gasteiger partial charge in [-0.1, -0.05) is 29.4 Å². The molecule has 0 atom stereocenters. The van der Waals surface area contributed by atoms with Crippen molar-refractivity contribution in [1.82, 2.24) is 9.55 Å². The Kier molecular flexibility index (Phi) is 6.11. The van der Waals surface area contributed by atoms with Crippen LogP contribution in [0.2, 0.25) is 5.02 Å². The molecule has 1 amide bonds. The number of rotatable bonds is 6. The summed E-state index contributed by atoms with van der Waals surface area (Å²) in [5.41, 5.74) is 1.03. The van der Waals surface area contributed by atoms with Gasteiger partial charge >= 0.3 is 0 Å². The van der Waals surface area contributed by atoms with Crippen LogP contribution in [-0.4, -0.2) is 21.2 Å². The Morgan fingerprint density at radius 1 is 1.26 bits per heavy atom. The Balaban J connectivity index is 1.61. The lowest BCUT2D eigenvalue weighted by Crippen LogP contribution is -2.24. The first-order valence-corrected chi connectivity index (χ1v) is 10.7. The number of furan rings is 1. The fourth-order valence-corrected chi connectivity index (χ4v) is 3.94. The van der Waals surface area contributed by atoms with Crippen LogP contribution in [0.3, 0.4) is 0 Å². The standard InChI is InChI=1S/C22H17ClFN3O3S/c1-13-4-6-15(10-18(13)24)25-20(28)12-31-22-26-19-9-14(23)5-7-17(19)21(29)27(22)11-16-3-2-8-30-16/h2-10H,11-12H2,1H3,(H,25,28). The highest BCUT2D eigenvalue weighted by Crippen LogP contribution is 2.22. The molecule has 0 unspecified atom stereocenters. The molecule has 4 aromatic rings. The maximum absolute atomic E-state index is 13.7. The van der Waals surface area contributed by atoms with E-state index in [1.165, 1.54) is 16.9 Å². The van der Waals surface area contributed by atoms with Crippen molar-refractivity contribution >= 4 is 45.9 Å². The van der Waals surface area contributed by atoms with Crippen molar-refractivity contribution in [2.24, 2.45) is 0 Å². The summed E-state index contributed by atoms with van der Waals surface area (Å²) in [4.78, 5) is 30.0. The highest BCUT2D eigenvalue weighted by atomic mass is 35.5. The van der Waals surface area contributed by atoms with Gasteiger partial charge in [0.25, 0.3) is 5.56 Å². The van der Waals surface area contributed by atoms with Gasteiger partial charge in [0.05, 0.1) is 29.5 Å². The summed E-state index contributed by atoms with van der Waals surface area (Å²) in [5.74, 6) is -0.186. The van der Waals surface area contributed by atoms with Gasteiger partial charge in [-0.2, -0.15) is 0 Å². The minimum atomic E-state index is -0.397. The number of hydrogen-bond acceptors (Lipinski definition) is 5. The minimum Gasteiger partial charge on any atom is -0.467 e. The Hall–Kier alpha value is -3.10. The first kappa shape index (κ1) is 21.1. The number of amides is 1. The molecular weight excluding hydrogens is 441 g/mol. The maximum Gasteiger partial charge on any atom is 0.262 e. The molecule has 0 fully saturated rings. The lowest BCUT2D eigenvalue weighted by Gasteiger charge is -2.12. The van der Waals surface area contributed by atoms with Crippen molar-refractivity contribution in [3.63, 3.8) is 0 Å². The van der Waals surface area contributed by atoms with E-state index in [-0.39, 0.29) is 23.8 Å². The molecule has 0 aliphatic rings. The highest BCUT2D eigenvalue weighted by Gasteiger charge is 2.15. The second-order valence-corrected chi connectivity index (χ2v) is 8.21. The van der Waals surface area contributed by atoms with Gasteiger partial charge in [-0.3, -0.25) is 14.2 Å². The number of fused-ring (bicyclic) bond motifs is 1. The molecule has 1 N–H and O–H groups in total. The smallest absolute Gasteiger partial charge is 0.262 e. The Bertz CT molecular complexity index is 1320. The molecule has 6 nitrogen and oxygen atoms in total. The number of halogens is 2. The quantitative estimate of drug-likeness (QED) is 0.330. The monoisotopic (exact) mass is 457 g/mol. The van der Waals surface area contributed by atoms with E-state index in [0.717, 1.165) is 11.8 Å². The lowest BCUT2D eigenvalue weighted by molar-refractivity contribution is -0.113.